The zero-order valence-electron chi connectivity index (χ0n) is 21.4. The van der Waals surface area contributed by atoms with Crippen molar-refractivity contribution in [3.63, 3.8) is 0 Å². The minimum absolute atomic E-state index is 0.129. The standard InChI is InChI=1S/C30H32N2O5S/c1-2-36-30(35)24(18-17-22-11-5-3-6-12-22)31-25-21-38-27-16-10-9-15-26(27)32(29(25)34)19-28(33)37-20-23-13-7-4-8-14-23/h3-16,24-25,31H,2,17-21H2,1H3/t24-,25-/m0/s1. The third-order valence-electron chi connectivity index (χ3n) is 6.19. The molecule has 38 heavy (non-hydrogen) atoms. The molecule has 1 amide bonds. The molecule has 1 heterocycles. The minimum atomic E-state index is -0.695. The van der Waals surface area contributed by atoms with Crippen LogP contribution in [0.1, 0.15) is 24.5 Å². The van der Waals surface area contributed by atoms with Gasteiger partial charge in [-0.3, -0.25) is 24.6 Å². The molecule has 0 saturated carbocycles. The Morgan fingerprint density at radius 2 is 1.61 bits per heavy atom. The van der Waals surface area contributed by atoms with E-state index in [0.29, 0.717) is 24.3 Å². The number of rotatable bonds is 11. The van der Waals surface area contributed by atoms with Crippen LogP contribution in [0.5, 0.6) is 0 Å². The van der Waals surface area contributed by atoms with E-state index < -0.39 is 24.0 Å². The monoisotopic (exact) mass is 532 g/mol. The van der Waals surface area contributed by atoms with Crippen LogP contribution in [0.3, 0.4) is 0 Å². The lowest BCUT2D eigenvalue weighted by atomic mass is 10.0. The first-order valence-electron chi connectivity index (χ1n) is 12.7. The van der Waals surface area contributed by atoms with Gasteiger partial charge in [0.2, 0.25) is 5.91 Å². The summed E-state index contributed by atoms with van der Waals surface area (Å²) >= 11 is 1.51. The van der Waals surface area contributed by atoms with Crippen molar-refractivity contribution in [2.24, 2.45) is 0 Å². The Bertz CT molecular complexity index is 1220. The fraction of sp³-hybridized carbons (Fsp3) is 0.300. The second-order valence-corrected chi connectivity index (χ2v) is 9.96. The lowest BCUT2D eigenvalue weighted by Gasteiger charge is -2.27. The summed E-state index contributed by atoms with van der Waals surface area (Å²) in [6.07, 6.45) is 1.13. The molecule has 0 fully saturated rings. The number of fused-ring (bicyclic) bond motifs is 1. The number of esters is 2. The molecule has 198 valence electrons. The van der Waals surface area contributed by atoms with E-state index >= 15 is 0 Å². The van der Waals surface area contributed by atoms with Gasteiger partial charge in [-0.15, -0.1) is 11.8 Å². The summed E-state index contributed by atoms with van der Waals surface area (Å²) in [5.74, 6) is -0.772. The zero-order chi connectivity index (χ0) is 26.7. The number of anilines is 1. The van der Waals surface area contributed by atoms with Crippen molar-refractivity contribution in [2.45, 2.75) is 43.4 Å². The molecule has 4 rings (SSSR count). The summed E-state index contributed by atoms with van der Waals surface area (Å²) in [6, 6.07) is 25.4. The molecule has 0 saturated heterocycles. The number of carbonyl (C=O) groups is 3. The number of ether oxygens (including phenoxy) is 2. The molecule has 0 aromatic heterocycles. The quantitative estimate of drug-likeness (QED) is 0.367. The van der Waals surface area contributed by atoms with Crippen LogP contribution in [0.2, 0.25) is 0 Å². The van der Waals surface area contributed by atoms with E-state index in [0.717, 1.165) is 16.0 Å². The molecule has 0 aliphatic carbocycles. The maximum absolute atomic E-state index is 13.8. The Labute approximate surface area is 227 Å². The van der Waals surface area contributed by atoms with Crippen LogP contribution in [0.4, 0.5) is 5.69 Å². The maximum Gasteiger partial charge on any atom is 0.326 e. The largest absolute Gasteiger partial charge is 0.465 e. The Morgan fingerprint density at radius 1 is 0.947 bits per heavy atom. The first-order chi connectivity index (χ1) is 18.5. The highest BCUT2D eigenvalue weighted by atomic mass is 32.2. The van der Waals surface area contributed by atoms with Gasteiger partial charge in [-0.25, -0.2) is 0 Å². The van der Waals surface area contributed by atoms with Crippen molar-refractivity contribution < 1.29 is 23.9 Å². The number of nitrogens with zero attached hydrogens (tertiary/aromatic N) is 1. The van der Waals surface area contributed by atoms with E-state index in [1.54, 1.807) is 6.92 Å². The minimum Gasteiger partial charge on any atom is -0.465 e. The van der Waals surface area contributed by atoms with Crippen molar-refractivity contribution >= 4 is 35.3 Å². The average molecular weight is 533 g/mol. The topological polar surface area (TPSA) is 84.9 Å². The van der Waals surface area contributed by atoms with Crippen molar-refractivity contribution in [3.05, 3.63) is 96.1 Å². The van der Waals surface area contributed by atoms with Gasteiger partial charge < -0.3 is 9.47 Å². The van der Waals surface area contributed by atoms with Gasteiger partial charge in [-0.1, -0.05) is 72.8 Å². The molecule has 0 unspecified atom stereocenters. The Hall–Kier alpha value is -3.62. The Kier molecular flexibility index (Phi) is 9.95. The second-order valence-electron chi connectivity index (χ2n) is 8.90. The number of hydrogen-bond acceptors (Lipinski definition) is 7. The first-order valence-corrected chi connectivity index (χ1v) is 13.7. The Morgan fingerprint density at radius 3 is 2.32 bits per heavy atom. The van der Waals surface area contributed by atoms with Gasteiger partial charge in [-0.05, 0) is 43.0 Å². The molecular weight excluding hydrogens is 500 g/mol. The summed E-state index contributed by atoms with van der Waals surface area (Å²) in [7, 11) is 0. The molecule has 3 aromatic carbocycles. The van der Waals surface area contributed by atoms with Gasteiger partial charge in [-0.2, -0.15) is 0 Å². The van der Waals surface area contributed by atoms with Crippen LogP contribution in [-0.2, 0) is 36.9 Å². The van der Waals surface area contributed by atoms with Gasteiger partial charge in [0.1, 0.15) is 19.2 Å². The van der Waals surface area contributed by atoms with Crippen LogP contribution in [-0.4, -0.2) is 48.8 Å². The molecule has 1 aliphatic heterocycles. The zero-order valence-corrected chi connectivity index (χ0v) is 22.2. The van der Waals surface area contributed by atoms with Gasteiger partial charge in [0, 0.05) is 10.6 Å². The molecule has 2 atom stereocenters. The lowest BCUT2D eigenvalue weighted by molar-refractivity contribution is -0.147. The molecule has 0 spiro atoms. The number of carbonyl (C=O) groups excluding carboxylic acids is 3. The van der Waals surface area contributed by atoms with Crippen molar-refractivity contribution in [2.75, 3.05) is 23.8 Å². The third-order valence-corrected chi connectivity index (χ3v) is 7.35. The molecule has 0 radical (unpaired) electrons. The van der Waals surface area contributed by atoms with Gasteiger partial charge in [0.05, 0.1) is 18.3 Å². The van der Waals surface area contributed by atoms with Crippen LogP contribution in [0, 0.1) is 0 Å². The number of nitrogens with one attached hydrogen (secondary N) is 1. The van der Waals surface area contributed by atoms with E-state index in [1.165, 1.54) is 16.7 Å². The van der Waals surface area contributed by atoms with Crippen molar-refractivity contribution in [1.29, 1.82) is 0 Å². The number of para-hydroxylation sites is 1. The third kappa shape index (κ3) is 7.46. The fourth-order valence-electron chi connectivity index (χ4n) is 4.26. The number of thioether (sulfide) groups is 1. The highest BCUT2D eigenvalue weighted by Gasteiger charge is 2.35. The van der Waals surface area contributed by atoms with Crippen LogP contribution >= 0.6 is 11.8 Å². The molecule has 7 nitrogen and oxygen atoms in total. The molecule has 8 heteroatoms. The summed E-state index contributed by atoms with van der Waals surface area (Å²) in [5, 5.41) is 3.26. The predicted octanol–water partition coefficient (Wildman–Crippen LogP) is 4.39. The molecule has 1 N–H and O–H groups in total. The maximum atomic E-state index is 13.8. The van der Waals surface area contributed by atoms with E-state index in [4.69, 9.17) is 9.47 Å². The summed E-state index contributed by atoms with van der Waals surface area (Å²) in [6.45, 7) is 1.92. The van der Waals surface area contributed by atoms with Crippen LogP contribution in [0.25, 0.3) is 0 Å². The number of amides is 1. The summed E-state index contributed by atoms with van der Waals surface area (Å²) < 4.78 is 10.8. The summed E-state index contributed by atoms with van der Waals surface area (Å²) in [4.78, 5) is 41.8. The van der Waals surface area contributed by atoms with E-state index in [2.05, 4.69) is 5.32 Å². The SMILES string of the molecule is CCOC(=O)[C@H](CCc1ccccc1)N[C@H]1CSc2ccccc2N(CC(=O)OCc2ccccc2)C1=O. The predicted molar refractivity (Wildman–Crippen MR) is 148 cm³/mol. The average Bonchev–Trinajstić information content (AvgIpc) is 3.07. The first kappa shape index (κ1) is 27.4. The molecular formula is C30H32N2O5S. The smallest absolute Gasteiger partial charge is 0.326 e. The molecule has 1 aliphatic rings. The normalized spacial score (nSPS) is 15.8. The van der Waals surface area contributed by atoms with E-state index in [9.17, 15) is 14.4 Å². The van der Waals surface area contributed by atoms with Crippen molar-refractivity contribution in [1.82, 2.24) is 5.32 Å². The number of aryl methyl sites for hydroxylation is 1. The highest BCUT2D eigenvalue weighted by molar-refractivity contribution is 7.99. The van der Waals surface area contributed by atoms with Gasteiger partial charge in [0.15, 0.2) is 0 Å². The van der Waals surface area contributed by atoms with Crippen LogP contribution < -0.4 is 10.2 Å². The lowest BCUT2D eigenvalue weighted by Crippen LogP contribution is -2.54. The van der Waals surface area contributed by atoms with Crippen molar-refractivity contribution in [3.8, 4) is 0 Å². The number of hydrogen-bond donors (Lipinski definition) is 1. The molecule has 0 bridgehead atoms. The van der Waals surface area contributed by atoms with Crippen LogP contribution in [0.15, 0.2) is 89.8 Å². The number of benzene rings is 3. The molecule has 3 aromatic rings. The highest BCUT2D eigenvalue weighted by Crippen LogP contribution is 2.34. The summed E-state index contributed by atoms with van der Waals surface area (Å²) in [5.41, 5.74) is 2.62. The van der Waals surface area contributed by atoms with Gasteiger partial charge in [0.25, 0.3) is 0 Å². The van der Waals surface area contributed by atoms with E-state index in [1.807, 2.05) is 84.9 Å². The fourth-order valence-corrected chi connectivity index (χ4v) is 5.35. The Balaban J connectivity index is 1.49. The van der Waals surface area contributed by atoms with Gasteiger partial charge >= 0.3 is 11.9 Å². The second kappa shape index (κ2) is 13.8. The van der Waals surface area contributed by atoms with E-state index in [-0.39, 0.29) is 25.7 Å².